The maximum absolute atomic E-state index is 12.4. The van der Waals surface area contributed by atoms with Crippen molar-refractivity contribution in [1.29, 1.82) is 5.26 Å². The Hall–Kier alpha value is -3.07. The van der Waals surface area contributed by atoms with Crippen LogP contribution in [-0.4, -0.2) is 23.0 Å². The molecule has 0 spiro atoms. The van der Waals surface area contributed by atoms with Gasteiger partial charge in [-0.3, -0.25) is 4.79 Å². The molecule has 1 aromatic carbocycles. The first-order valence-corrected chi connectivity index (χ1v) is 9.23. The van der Waals surface area contributed by atoms with Crippen molar-refractivity contribution in [3.63, 3.8) is 0 Å². The van der Waals surface area contributed by atoms with E-state index in [1.54, 1.807) is 6.07 Å². The molecule has 146 valence electrons. The molecular weight excluding hydrogens is 350 g/mol. The number of carbonyl (C=O) groups excluding carboxylic acids is 1. The Kier molecular flexibility index (Phi) is 6.63. The molecule has 1 aromatic heterocycles. The zero-order valence-electron chi connectivity index (χ0n) is 17.2. The zero-order valence-corrected chi connectivity index (χ0v) is 17.2. The van der Waals surface area contributed by atoms with Gasteiger partial charge in [-0.25, -0.2) is 4.98 Å². The van der Waals surface area contributed by atoms with Gasteiger partial charge in [0.05, 0.1) is 17.8 Å². The summed E-state index contributed by atoms with van der Waals surface area (Å²) < 4.78 is 0. The third-order valence-electron chi connectivity index (χ3n) is 3.91. The van der Waals surface area contributed by atoms with E-state index in [4.69, 9.17) is 5.26 Å². The number of pyridine rings is 1. The summed E-state index contributed by atoms with van der Waals surface area (Å²) in [4.78, 5) is 16.4. The standard InChI is InChI=1S/C22H27N5O/c1-21(2,3)15-25-27-18-9-6-16(7-10-18)12-22(4,5)26-20(28)17-8-11-19(13-23)24-14-17/h6-11,14H,12,15H2,1-5H3,(H,26,28). The van der Waals surface area contributed by atoms with Crippen LogP contribution in [0.15, 0.2) is 52.8 Å². The molecule has 0 radical (unpaired) electrons. The lowest BCUT2D eigenvalue weighted by atomic mass is 9.94. The van der Waals surface area contributed by atoms with Crippen molar-refractivity contribution in [3.05, 3.63) is 59.4 Å². The molecule has 0 aliphatic rings. The van der Waals surface area contributed by atoms with E-state index in [1.165, 1.54) is 12.3 Å². The first-order chi connectivity index (χ1) is 13.1. The Bertz CT molecular complexity index is 869. The molecule has 6 nitrogen and oxygen atoms in total. The molecule has 1 heterocycles. The fourth-order valence-electron chi connectivity index (χ4n) is 2.54. The highest BCUT2D eigenvalue weighted by atomic mass is 16.1. The van der Waals surface area contributed by atoms with Gasteiger partial charge in [0.15, 0.2) is 0 Å². The van der Waals surface area contributed by atoms with Gasteiger partial charge in [0, 0.05) is 11.7 Å². The summed E-state index contributed by atoms with van der Waals surface area (Å²) in [6.07, 6.45) is 2.09. The monoisotopic (exact) mass is 377 g/mol. The fraction of sp³-hybridized carbons (Fsp3) is 0.409. The quantitative estimate of drug-likeness (QED) is 0.731. The summed E-state index contributed by atoms with van der Waals surface area (Å²) in [5.74, 6) is -0.213. The van der Waals surface area contributed by atoms with Gasteiger partial charge in [0.2, 0.25) is 0 Å². The van der Waals surface area contributed by atoms with E-state index in [0.29, 0.717) is 18.5 Å². The topological polar surface area (TPSA) is 90.5 Å². The summed E-state index contributed by atoms with van der Waals surface area (Å²) in [6, 6.07) is 13.0. The Morgan fingerprint density at radius 2 is 1.79 bits per heavy atom. The highest BCUT2D eigenvalue weighted by Gasteiger charge is 2.22. The van der Waals surface area contributed by atoms with Gasteiger partial charge < -0.3 is 5.32 Å². The molecule has 6 heteroatoms. The highest BCUT2D eigenvalue weighted by molar-refractivity contribution is 5.94. The highest BCUT2D eigenvalue weighted by Crippen LogP contribution is 2.20. The first kappa shape index (κ1) is 21.2. The molecule has 1 amide bonds. The lowest BCUT2D eigenvalue weighted by Gasteiger charge is -2.26. The van der Waals surface area contributed by atoms with Gasteiger partial charge in [-0.15, -0.1) is 0 Å². The van der Waals surface area contributed by atoms with E-state index in [1.807, 2.05) is 44.2 Å². The minimum Gasteiger partial charge on any atom is -0.347 e. The van der Waals surface area contributed by atoms with Crippen LogP contribution in [0.4, 0.5) is 5.69 Å². The van der Waals surface area contributed by atoms with Crippen LogP contribution >= 0.6 is 0 Å². The molecular formula is C22H27N5O. The third-order valence-corrected chi connectivity index (χ3v) is 3.91. The molecule has 0 bridgehead atoms. The summed E-state index contributed by atoms with van der Waals surface area (Å²) >= 11 is 0. The molecule has 2 rings (SSSR count). The van der Waals surface area contributed by atoms with E-state index in [9.17, 15) is 4.79 Å². The van der Waals surface area contributed by atoms with Crippen LogP contribution in [-0.2, 0) is 6.42 Å². The van der Waals surface area contributed by atoms with E-state index in [2.05, 4.69) is 41.3 Å². The molecule has 1 N–H and O–H groups in total. The molecule has 0 fully saturated rings. The molecule has 0 aliphatic carbocycles. The van der Waals surface area contributed by atoms with Crippen LogP contribution in [0, 0.1) is 16.7 Å². The molecule has 0 saturated heterocycles. The molecule has 0 atom stereocenters. The normalized spacial score (nSPS) is 12.0. The second-order valence-corrected chi connectivity index (χ2v) is 8.69. The molecule has 0 aliphatic heterocycles. The van der Waals surface area contributed by atoms with Crippen molar-refractivity contribution in [2.24, 2.45) is 15.6 Å². The molecule has 28 heavy (non-hydrogen) atoms. The molecule has 2 aromatic rings. The lowest BCUT2D eigenvalue weighted by Crippen LogP contribution is -2.45. The van der Waals surface area contributed by atoms with Crippen molar-refractivity contribution in [1.82, 2.24) is 10.3 Å². The van der Waals surface area contributed by atoms with Gasteiger partial charge >= 0.3 is 0 Å². The number of nitrogens with one attached hydrogen (secondary N) is 1. The van der Waals surface area contributed by atoms with E-state index >= 15 is 0 Å². The minimum atomic E-state index is -0.444. The number of amides is 1. The number of aromatic nitrogens is 1. The van der Waals surface area contributed by atoms with Gasteiger partial charge in [-0.05, 0) is 55.5 Å². The number of carbonyl (C=O) groups is 1. The summed E-state index contributed by atoms with van der Waals surface area (Å²) in [5, 5.41) is 20.3. The predicted molar refractivity (Wildman–Crippen MR) is 109 cm³/mol. The summed E-state index contributed by atoms with van der Waals surface area (Å²) in [6.45, 7) is 11.0. The number of benzene rings is 1. The van der Waals surface area contributed by atoms with Crippen LogP contribution in [0.25, 0.3) is 0 Å². The Morgan fingerprint density at radius 3 is 2.32 bits per heavy atom. The second-order valence-electron chi connectivity index (χ2n) is 8.69. The minimum absolute atomic E-state index is 0.121. The van der Waals surface area contributed by atoms with Crippen molar-refractivity contribution >= 4 is 11.6 Å². The Labute approximate surface area is 166 Å². The van der Waals surface area contributed by atoms with Crippen molar-refractivity contribution in [2.45, 2.75) is 46.6 Å². The van der Waals surface area contributed by atoms with E-state index in [-0.39, 0.29) is 17.0 Å². The van der Waals surface area contributed by atoms with Gasteiger partial charge in [-0.1, -0.05) is 32.9 Å². The summed E-state index contributed by atoms with van der Waals surface area (Å²) in [5.41, 5.74) is 2.31. The van der Waals surface area contributed by atoms with Gasteiger partial charge in [0.1, 0.15) is 11.8 Å². The van der Waals surface area contributed by atoms with Crippen LogP contribution < -0.4 is 5.32 Å². The maximum Gasteiger partial charge on any atom is 0.253 e. The predicted octanol–water partition coefficient (Wildman–Crippen LogP) is 4.83. The smallest absolute Gasteiger partial charge is 0.253 e. The van der Waals surface area contributed by atoms with Crippen LogP contribution in [0.3, 0.4) is 0 Å². The largest absolute Gasteiger partial charge is 0.347 e. The number of hydrogen-bond donors (Lipinski definition) is 1. The van der Waals surface area contributed by atoms with E-state index < -0.39 is 5.54 Å². The van der Waals surface area contributed by atoms with Gasteiger partial charge in [-0.2, -0.15) is 15.5 Å². The maximum atomic E-state index is 12.4. The lowest BCUT2D eigenvalue weighted by molar-refractivity contribution is 0.0912. The molecule has 0 saturated carbocycles. The van der Waals surface area contributed by atoms with Crippen LogP contribution in [0.1, 0.15) is 56.2 Å². The third kappa shape index (κ3) is 6.92. The SMILES string of the molecule is CC(C)(C)CN=Nc1ccc(CC(C)(C)NC(=O)c2ccc(C#N)nc2)cc1. The zero-order chi connectivity index (χ0) is 20.8. The number of azo groups is 1. The van der Waals surface area contributed by atoms with Gasteiger partial charge in [0.25, 0.3) is 5.91 Å². The first-order valence-electron chi connectivity index (χ1n) is 9.23. The molecule has 0 unspecified atom stereocenters. The van der Waals surface area contributed by atoms with E-state index in [0.717, 1.165) is 11.3 Å². The number of nitrogens with zero attached hydrogens (tertiary/aromatic N) is 4. The van der Waals surface area contributed by atoms with Crippen molar-refractivity contribution in [3.8, 4) is 6.07 Å². The van der Waals surface area contributed by atoms with Crippen LogP contribution in [0.5, 0.6) is 0 Å². The number of nitriles is 1. The van der Waals surface area contributed by atoms with Crippen molar-refractivity contribution in [2.75, 3.05) is 6.54 Å². The number of hydrogen-bond acceptors (Lipinski definition) is 5. The van der Waals surface area contributed by atoms with Crippen LogP contribution in [0.2, 0.25) is 0 Å². The second kappa shape index (κ2) is 8.75. The Balaban J connectivity index is 1.97. The fourth-order valence-corrected chi connectivity index (χ4v) is 2.54. The summed E-state index contributed by atoms with van der Waals surface area (Å²) in [7, 11) is 0. The average molecular weight is 377 g/mol. The Morgan fingerprint density at radius 1 is 1.11 bits per heavy atom. The number of rotatable bonds is 6. The van der Waals surface area contributed by atoms with Crippen molar-refractivity contribution < 1.29 is 4.79 Å². The average Bonchev–Trinajstić information content (AvgIpc) is 2.61.